The van der Waals surface area contributed by atoms with E-state index in [0.29, 0.717) is 0 Å². The smallest absolute Gasteiger partial charge is 0.407 e. The molecule has 1 N–H and O–H groups in total. The Kier molecular flexibility index (Phi) is 3.52. The quantitative estimate of drug-likeness (QED) is 0.844. The van der Waals surface area contributed by atoms with Gasteiger partial charge in [0.1, 0.15) is 6.04 Å². The van der Waals surface area contributed by atoms with Crippen LogP contribution in [0.2, 0.25) is 0 Å². The lowest BCUT2D eigenvalue weighted by Crippen LogP contribution is -2.31. The molecule has 3 nitrogen and oxygen atoms in total. The van der Waals surface area contributed by atoms with Crippen molar-refractivity contribution in [3.05, 3.63) is 23.9 Å². The number of alkyl halides is 3. The minimum Gasteiger partial charge on any atom is -0.481 e. The number of nitrogens with one attached hydrogen (secondary N) is 1. The molecule has 0 aliphatic heterocycles. The highest BCUT2D eigenvalue weighted by Crippen LogP contribution is 2.32. The van der Waals surface area contributed by atoms with Crippen LogP contribution >= 0.6 is 0 Å². The minimum atomic E-state index is -4.33. The molecule has 1 rings (SSSR count). The van der Waals surface area contributed by atoms with Gasteiger partial charge in [0.25, 0.3) is 0 Å². The fourth-order valence-corrected chi connectivity index (χ4v) is 1.20. The van der Waals surface area contributed by atoms with E-state index in [9.17, 15) is 13.2 Å². The number of pyridine rings is 1. The average molecular weight is 220 g/mol. The summed E-state index contributed by atoms with van der Waals surface area (Å²) in [6, 6.07) is 1.03. The zero-order valence-corrected chi connectivity index (χ0v) is 8.30. The second-order valence-corrected chi connectivity index (χ2v) is 2.90. The van der Waals surface area contributed by atoms with E-state index in [0.717, 1.165) is 6.20 Å². The van der Waals surface area contributed by atoms with E-state index < -0.39 is 12.2 Å². The summed E-state index contributed by atoms with van der Waals surface area (Å²) in [5.74, 6) is 0.288. The lowest BCUT2D eigenvalue weighted by Gasteiger charge is -2.19. The first kappa shape index (κ1) is 11.8. The molecule has 1 atom stereocenters. The van der Waals surface area contributed by atoms with Crippen LogP contribution in [0, 0.1) is 0 Å². The maximum absolute atomic E-state index is 12.5. The summed E-state index contributed by atoms with van der Waals surface area (Å²) >= 11 is 0. The van der Waals surface area contributed by atoms with Gasteiger partial charge in [0.2, 0.25) is 5.88 Å². The van der Waals surface area contributed by atoms with E-state index >= 15 is 0 Å². The predicted octanol–water partition coefficient (Wildman–Crippen LogP) is 1.91. The number of hydrogen-bond acceptors (Lipinski definition) is 3. The van der Waals surface area contributed by atoms with Crippen LogP contribution in [0.25, 0.3) is 0 Å². The fourth-order valence-electron chi connectivity index (χ4n) is 1.20. The average Bonchev–Trinajstić information content (AvgIpc) is 2.18. The van der Waals surface area contributed by atoms with E-state index in [1.165, 1.54) is 26.3 Å². The van der Waals surface area contributed by atoms with Crippen LogP contribution in [0.15, 0.2) is 18.3 Å². The zero-order chi connectivity index (χ0) is 11.5. The molecule has 1 heterocycles. The van der Waals surface area contributed by atoms with Gasteiger partial charge in [-0.25, -0.2) is 4.98 Å². The van der Waals surface area contributed by atoms with Crippen LogP contribution in [0.3, 0.4) is 0 Å². The first-order valence-electron chi connectivity index (χ1n) is 4.23. The molecule has 0 aliphatic rings. The van der Waals surface area contributed by atoms with Crippen LogP contribution in [-0.2, 0) is 0 Å². The SMILES string of the molecule is CNC(c1ccc(OC)nc1)C(F)(F)F. The molecule has 0 bridgehead atoms. The van der Waals surface area contributed by atoms with E-state index in [4.69, 9.17) is 4.74 Å². The van der Waals surface area contributed by atoms with Gasteiger partial charge in [-0.3, -0.25) is 0 Å². The molecule has 0 saturated carbocycles. The number of nitrogens with zero attached hydrogens (tertiary/aromatic N) is 1. The number of aromatic nitrogens is 1. The van der Waals surface area contributed by atoms with Crippen molar-refractivity contribution in [3.63, 3.8) is 0 Å². The van der Waals surface area contributed by atoms with Crippen LogP contribution in [0.1, 0.15) is 11.6 Å². The normalized spacial score (nSPS) is 13.7. The van der Waals surface area contributed by atoms with E-state index in [1.54, 1.807) is 0 Å². The topological polar surface area (TPSA) is 34.1 Å². The lowest BCUT2D eigenvalue weighted by molar-refractivity contribution is -0.156. The first-order chi connectivity index (χ1) is 6.99. The Morgan fingerprint density at radius 1 is 1.40 bits per heavy atom. The van der Waals surface area contributed by atoms with Crippen molar-refractivity contribution in [2.75, 3.05) is 14.2 Å². The number of ether oxygens (including phenoxy) is 1. The predicted molar refractivity (Wildman–Crippen MR) is 48.6 cm³/mol. The van der Waals surface area contributed by atoms with Crippen molar-refractivity contribution in [2.45, 2.75) is 12.2 Å². The molecule has 0 aliphatic carbocycles. The van der Waals surface area contributed by atoms with Gasteiger partial charge >= 0.3 is 6.18 Å². The Balaban J connectivity index is 2.93. The largest absolute Gasteiger partial charge is 0.481 e. The van der Waals surface area contributed by atoms with Crippen molar-refractivity contribution < 1.29 is 17.9 Å². The summed E-state index contributed by atoms with van der Waals surface area (Å²) in [4.78, 5) is 3.72. The fraction of sp³-hybridized carbons (Fsp3) is 0.444. The van der Waals surface area contributed by atoms with Crippen molar-refractivity contribution in [1.82, 2.24) is 10.3 Å². The molecule has 0 spiro atoms. The van der Waals surface area contributed by atoms with Crippen LogP contribution < -0.4 is 10.1 Å². The molecule has 0 amide bonds. The Bertz CT molecular complexity index is 310. The van der Waals surface area contributed by atoms with Crippen molar-refractivity contribution in [3.8, 4) is 5.88 Å². The Hall–Kier alpha value is -1.30. The van der Waals surface area contributed by atoms with Crippen LogP contribution in [0.4, 0.5) is 13.2 Å². The van der Waals surface area contributed by atoms with Gasteiger partial charge in [-0.1, -0.05) is 6.07 Å². The molecule has 0 radical (unpaired) electrons. The number of rotatable bonds is 3. The summed E-state index contributed by atoms with van der Waals surface area (Å²) in [5.41, 5.74) is 0.0609. The van der Waals surface area contributed by atoms with Crippen molar-refractivity contribution >= 4 is 0 Å². The molecule has 0 saturated heterocycles. The summed E-state index contributed by atoms with van der Waals surface area (Å²) < 4.78 is 42.2. The molecule has 1 unspecified atom stereocenters. The van der Waals surface area contributed by atoms with Gasteiger partial charge in [-0.05, 0) is 12.6 Å². The van der Waals surface area contributed by atoms with Crippen molar-refractivity contribution in [2.24, 2.45) is 0 Å². The number of halogens is 3. The van der Waals surface area contributed by atoms with E-state index in [1.807, 2.05) is 0 Å². The first-order valence-corrected chi connectivity index (χ1v) is 4.23. The number of hydrogen-bond donors (Lipinski definition) is 1. The molecule has 6 heteroatoms. The zero-order valence-electron chi connectivity index (χ0n) is 8.30. The molecule has 84 valence electrons. The van der Waals surface area contributed by atoms with Gasteiger partial charge in [-0.15, -0.1) is 0 Å². The standard InChI is InChI=1S/C9H11F3N2O/c1-13-8(9(10,11)12)6-3-4-7(15-2)14-5-6/h3-5,8,13H,1-2H3. The van der Waals surface area contributed by atoms with Gasteiger partial charge < -0.3 is 10.1 Å². The highest BCUT2D eigenvalue weighted by molar-refractivity contribution is 5.21. The minimum absolute atomic E-state index is 0.0609. The molecule has 0 fully saturated rings. The Labute approximate surface area is 85.3 Å². The Morgan fingerprint density at radius 3 is 2.40 bits per heavy atom. The highest BCUT2D eigenvalue weighted by Gasteiger charge is 2.39. The molecular weight excluding hydrogens is 209 g/mol. The summed E-state index contributed by atoms with van der Waals surface area (Å²) in [6.45, 7) is 0. The van der Waals surface area contributed by atoms with Gasteiger partial charge in [0.05, 0.1) is 7.11 Å². The van der Waals surface area contributed by atoms with Gasteiger partial charge in [0.15, 0.2) is 0 Å². The third-order valence-electron chi connectivity index (χ3n) is 1.92. The van der Waals surface area contributed by atoms with Crippen LogP contribution in [-0.4, -0.2) is 25.3 Å². The van der Waals surface area contributed by atoms with Gasteiger partial charge in [-0.2, -0.15) is 13.2 Å². The summed E-state index contributed by atoms with van der Waals surface area (Å²) in [6.07, 6.45) is -3.18. The maximum Gasteiger partial charge on any atom is 0.407 e. The molecular formula is C9H11F3N2O. The third-order valence-corrected chi connectivity index (χ3v) is 1.92. The second kappa shape index (κ2) is 4.48. The highest BCUT2D eigenvalue weighted by atomic mass is 19.4. The molecule has 15 heavy (non-hydrogen) atoms. The molecule has 1 aromatic heterocycles. The summed E-state index contributed by atoms with van der Waals surface area (Å²) in [5, 5.41) is 2.19. The molecule has 0 aromatic carbocycles. The van der Waals surface area contributed by atoms with Crippen molar-refractivity contribution in [1.29, 1.82) is 0 Å². The summed E-state index contributed by atoms with van der Waals surface area (Å²) in [7, 11) is 2.66. The van der Waals surface area contributed by atoms with Gasteiger partial charge in [0, 0.05) is 12.3 Å². The third kappa shape index (κ3) is 2.82. The number of methoxy groups -OCH3 is 1. The lowest BCUT2D eigenvalue weighted by atomic mass is 10.1. The monoisotopic (exact) mass is 220 g/mol. The van der Waals surface area contributed by atoms with E-state index in [2.05, 4.69) is 10.3 Å². The van der Waals surface area contributed by atoms with E-state index in [-0.39, 0.29) is 11.4 Å². The second-order valence-electron chi connectivity index (χ2n) is 2.90. The molecule has 1 aromatic rings. The maximum atomic E-state index is 12.5. The van der Waals surface area contributed by atoms with Crippen LogP contribution in [0.5, 0.6) is 5.88 Å². The Morgan fingerprint density at radius 2 is 2.07 bits per heavy atom.